The van der Waals surface area contributed by atoms with Crippen LogP contribution in [0.25, 0.3) is 0 Å². The predicted octanol–water partition coefficient (Wildman–Crippen LogP) is 3.72. The van der Waals surface area contributed by atoms with Crippen LogP contribution < -0.4 is 4.74 Å². The predicted molar refractivity (Wildman–Crippen MR) is 59.6 cm³/mol. The Morgan fingerprint density at radius 1 is 1.23 bits per heavy atom. The van der Waals surface area contributed by atoms with E-state index in [0.29, 0.717) is 5.52 Å². The van der Waals surface area contributed by atoms with Crippen molar-refractivity contribution in [1.29, 1.82) is 0 Å². The first kappa shape index (κ1) is 10.6. The fraction of sp³-hybridized carbons (Fsp3) is 0.455. The van der Waals surface area contributed by atoms with E-state index >= 15 is 0 Å². The van der Waals surface area contributed by atoms with Crippen LogP contribution in [0.1, 0.15) is 26.3 Å². The van der Waals surface area contributed by atoms with Crippen molar-refractivity contribution in [2.75, 3.05) is 5.52 Å². The van der Waals surface area contributed by atoms with Gasteiger partial charge in [0.2, 0.25) is 0 Å². The Balaban J connectivity index is 3.05. The average Bonchev–Trinajstić information content (AvgIpc) is 2.04. The summed E-state index contributed by atoms with van der Waals surface area (Å²) >= 11 is 3.26. The Morgan fingerprint density at radius 2 is 1.85 bits per heavy atom. The lowest BCUT2D eigenvalue weighted by Crippen LogP contribution is -2.12. The SMILES string of the molecule is CC(C)(C)c1ccccc1OCBr. The van der Waals surface area contributed by atoms with E-state index in [1.54, 1.807) is 0 Å². The minimum absolute atomic E-state index is 0.138. The van der Waals surface area contributed by atoms with E-state index in [9.17, 15) is 0 Å². The van der Waals surface area contributed by atoms with Gasteiger partial charge in [-0.2, -0.15) is 0 Å². The van der Waals surface area contributed by atoms with Gasteiger partial charge in [-0.3, -0.25) is 0 Å². The summed E-state index contributed by atoms with van der Waals surface area (Å²) in [6, 6.07) is 8.15. The summed E-state index contributed by atoms with van der Waals surface area (Å²) in [7, 11) is 0. The molecule has 0 bridgehead atoms. The van der Waals surface area contributed by atoms with Gasteiger partial charge >= 0.3 is 0 Å². The second kappa shape index (κ2) is 4.14. The number of hydrogen-bond donors (Lipinski definition) is 0. The van der Waals surface area contributed by atoms with Gasteiger partial charge in [-0.1, -0.05) is 39.0 Å². The van der Waals surface area contributed by atoms with Gasteiger partial charge in [-0.05, 0) is 33.0 Å². The number of ether oxygens (including phenoxy) is 1. The summed E-state index contributed by atoms with van der Waals surface area (Å²) in [5.74, 6) is 0.965. The molecule has 0 unspecified atom stereocenters. The van der Waals surface area contributed by atoms with E-state index < -0.39 is 0 Å². The molecular formula is C11H15BrO. The molecule has 13 heavy (non-hydrogen) atoms. The largest absolute Gasteiger partial charge is 0.482 e. The molecule has 0 saturated carbocycles. The third-order valence-corrected chi connectivity index (χ3v) is 2.13. The summed E-state index contributed by atoms with van der Waals surface area (Å²) < 4.78 is 5.48. The number of hydrogen-bond acceptors (Lipinski definition) is 1. The molecule has 0 fully saturated rings. The van der Waals surface area contributed by atoms with Crippen molar-refractivity contribution in [2.45, 2.75) is 26.2 Å². The highest BCUT2D eigenvalue weighted by molar-refractivity contribution is 9.09. The molecule has 1 aromatic rings. The smallest absolute Gasteiger partial charge is 0.143 e. The molecule has 0 N–H and O–H groups in total. The van der Waals surface area contributed by atoms with Crippen LogP contribution in [0.3, 0.4) is 0 Å². The van der Waals surface area contributed by atoms with E-state index in [4.69, 9.17) is 4.74 Å². The molecule has 1 nitrogen and oxygen atoms in total. The van der Waals surface area contributed by atoms with Crippen molar-refractivity contribution >= 4 is 15.9 Å². The number of para-hydroxylation sites is 1. The minimum atomic E-state index is 0.138. The van der Waals surface area contributed by atoms with E-state index in [0.717, 1.165) is 5.75 Å². The van der Waals surface area contributed by atoms with Crippen molar-refractivity contribution < 1.29 is 4.74 Å². The second-order valence-electron chi connectivity index (χ2n) is 4.00. The molecule has 0 heterocycles. The molecule has 1 rings (SSSR count). The molecule has 0 radical (unpaired) electrons. The zero-order valence-corrected chi connectivity index (χ0v) is 9.89. The monoisotopic (exact) mass is 242 g/mol. The third kappa shape index (κ3) is 2.73. The molecule has 0 aromatic heterocycles. The first-order valence-corrected chi connectivity index (χ1v) is 5.46. The Hall–Kier alpha value is -0.500. The highest BCUT2D eigenvalue weighted by Crippen LogP contribution is 2.30. The van der Waals surface area contributed by atoms with E-state index in [1.807, 2.05) is 18.2 Å². The van der Waals surface area contributed by atoms with Crippen LogP contribution in [0.2, 0.25) is 0 Å². The first-order chi connectivity index (χ1) is 6.05. The summed E-state index contributed by atoms with van der Waals surface area (Å²) in [5.41, 5.74) is 1.92. The molecule has 72 valence electrons. The van der Waals surface area contributed by atoms with Crippen LogP contribution in [-0.2, 0) is 5.41 Å². The van der Waals surface area contributed by atoms with Crippen LogP contribution in [0, 0.1) is 0 Å². The maximum Gasteiger partial charge on any atom is 0.143 e. The number of rotatable bonds is 2. The highest BCUT2D eigenvalue weighted by Gasteiger charge is 2.17. The van der Waals surface area contributed by atoms with Crippen molar-refractivity contribution in [1.82, 2.24) is 0 Å². The lowest BCUT2D eigenvalue weighted by atomic mass is 9.86. The van der Waals surface area contributed by atoms with Gasteiger partial charge < -0.3 is 4.74 Å². The maximum atomic E-state index is 5.48. The molecular weight excluding hydrogens is 228 g/mol. The van der Waals surface area contributed by atoms with Crippen LogP contribution in [-0.4, -0.2) is 5.52 Å². The molecule has 2 heteroatoms. The fourth-order valence-corrected chi connectivity index (χ4v) is 1.52. The highest BCUT2D eigenvalue weighted by atomic mass is 79.9. The lowest BCUT2D eigenvalue weighted by Gasteiger charge is -2.21. The molecule has 1 aromatic carbocycles. The Kier molecular flexibility index (Phi) is 3.37. The Morgan fingerprint density at radius 3 is 2.38 bits per heavy atom. The maximum absolute atomic E-state index is 5.48. The first-order valence-electron chi connectivity index (χ1n) is 4.34. The fourth-order valence-electron chi connectivity index (χ4n) is 1.27. The van der Waals surface area contributed by atoms with E-state index in [2.05, 4.69) is 42.8 Å². The number of halogens is 1. The lowest BCUT2D eigenvalue weighted by molar-refractivity contribution is 0.382. The summed E-state index contributed by atoms with van der Waals surface area (Å²) in [4.78, 5) is 0. The van der Waals surface area contributed by atoms with E-state index in [1.165, 1.54) is 5.56 Å². The molecule has 0 saturated heterocycles. The zero-order valence-electron chi connectivity index (χ0n) is 8.30. The Labute approximate surface area is 88.2 Å². The third-order valence-electron chi connectivity index (χ3n) is 1.91. The van der Waals surface area contributed by atoms with Crippen molar-refractivity contribution in [3.05, 3.63) is 29.8 Å². The zero-order chi connectivity index (χ0) is 9.90. The molecule has 0 amide bonds. The van der Waals surface area contributed by atoms with Crippen molar-refractivity contribution in [2.24, 2.45) is 0 Å². The second-order valence-corrected chi connectivity index (χ2v) is 4.46. The number of benzene rings is 1. The normalized spacial score (nSPS) is 11.4. The standard InChI is InChI=1S/C11H15BrO/c1-11(2,3)9-6-4-5-7-10(9)13-8-12/h4-7H,8H2,1-3H3. The summed E-state index contributed by atoms with van der Waals surface area (Å²) in [6.07, 6.45) is 0. The molecule has 0 atom stereocenters. The number of alkyl halides is 1. The Bertz CT molecular complexity index is 276. The van der Waals surface area contributed by atoms with Gasteiger partial charge in [0.15, 0.2) is 0 Å². The van der Waals surface area contributed by atoms with Gasteiger partial charge in [-0.15, -0.1) is 0 Å². The van der Waals surface area contributed by atoms with Gasteiger partial charge in [0.05, 0.1) is 0 Å². The van der Waals surface area contributed by atoms with Gasteiger partial charge in [0.25, 0.3) is 0 Å². The van der Waals surface area contributed by atoms with Crippen molar-refractivity contribution in [3.63, 3.8) is 0 Å². The molecule has 0 aliphatic rings. The van der Waals surface area contributed by atoms with Gasteiger partial charge in [0, 0.05) is 0 Å². The molecule has 0 aliphatic heterocycles. The molecule has 0 aliphatic carbocycles. The topological polar surface area (TPSA) is 9.23 Å². The quantitative estimate of drug-likeness (QED) is 0.719. The van der Waals surface area contributed by atoms with Crippen LogP contribution in [0.4, 0.5) is 0 Å². The van der Waals surface area contributed by atoms with Gasteiger partial charge in [-0.25, -0.2) is 0 Å². The van der Waals surface area contributed by atoms with Crippen molar-refractivity contribution in [3.8, 4) is 5.75 Å². The molecule has 0 spiro atoms. The summed E-state index contributed by atoms with van der Waals surface area (Å²) in [5, 5.41) is 0. The van der Waals surface area contributed by atoms with Gasteiger partial charge in [0.1, 0.15) is 11.3 Å². The summed E-state index contributed by atoms with van der Waals surface area (Å²) in [6.45, 7) is 6.55. The minimum Gasteiger partial charge on any atom is -0.482 e. The van der Waals surface area contributed by atoms with Crippen LogP contribution >= 0.6 is 15.9 Å². The van der Waals surface area contributed by atoms with Crippen LogP contribution in [0.15, 0.2) is 24.3 Å². The van der Waals surface area contributed by atoms with E-state index in [-0.39, 0.29) is 5.41 Å². The van der Waals surface area contributed by atoms with Crippen LogP contribution in [0.5, 0.6) is 5.75 Å². The average molecular weight is 243 g/mol.